The normalized spacial score (nSPS) is 53.3. The van der Waals surface area contributed by atoms with Crippen LogP contribution in [0.15, 0.2) is 0 Å². The molecule has 0 aliphatic heterocycles. The number of carbonyl (C=O) groups is 1. The predicted molar refractivity (Wildman–Crippen MR) is 132 cm³/mol. The smallest absolute Gasteiger partial charge is 0.266 e. The molecule has 5 N–H and O–H groups in total. The monoisotopic (exact) mass is 520 g/mol. The van der Waals surface area contributed by atoms with Crippen molar-refractivity contribution in [2.45, 2.75) is 96.8 Å². The van der Waals surface area contributed by atoms with E-state index in [-0.39, 0.29) is 49.0 Å². The lowest BCUT2D eigenvalue weighted by Crippen LogP contribution is -2.62. The van der Waals surface area contributed by atoms with Gasteiger partial charge in [0.2, 0.25) is 5.91 Å². The summed E-state index contributed by atoms with van der Waals surface area (Å²) in [4.78, 5) is 12.3. The van der Waals surface area contributed by atoms with Crippen molar-refractivity contribution in [1.82, 2.24) is 5.32 Å². The summed E-state index contributed by atoms with van der Waals surface area (Å²) < 4.78 is 73.0. The average molecular weight is 521 g/mol. The summed E-state index contributed by atoms with van der Waals surface area (Å²) >= 11 is 0. The highest BCUT2D eigenvalue weighted by atomic mass is 32.2. The van der Waals surface area contributed by atoms with E-state index in [2.05, 4.69) is 12.2 Å². The lowest BCUT2D eigenvalue weighted by Gasteiger charge is -2.63. The SMILES string of the molecule is [2H]C1([2H])[C@@H](O)[C@]2(C)C3C[C@H](O)[C@@]4(C)C(CC[C@@H]4[C@H](C)CCC(=O)NCCS(=O)(=O)O)C3CC[C@@H]2C([2H])([2H])C1([2H])O. The van der Waals surface area contributed by atoms with Gasteiger partial charge >= 0.3 is 0 Å². The highest BCUT2D eigenvalue weighted by molar-refractivity contribution is 7.85. The Bertz CT molecular complexity index is 1110. The molecule has 4 fully saturated rings. The molecule has 8 nitrogen and oxygen atoms in total. The van der Waals surface area contributed by atoms with Gasteiger partial charge in [0.25, 0.3) is 10.1 Å². The molecular formula is C26H45NO7S. The van der Waals surface area contributed by atoms with Crippen LogP contribution in [-0.4, -0.2) is 64.8 Å². The zero-order chi connectivity index (χ0) is 30.3. The van der Waals surface area contributed by atoms with Gasteiger partial charge in [-0.15, -0.1) is 0 Å². The molecule has 0 aromatic rings. The Morgan fingerprint density at radius 3 is 2.49 bits per heavy atom. The molecule has 0 spiro atoms. The molecule has 0 heterocycles. The van der Waals surface area contributed by atoms with Crippen LogP contribution in [0.25, 0.3) is 0 Å². The maximum Gasteiger partial charge on any atom is 0.266 e. The maximum atomic E-state index is 12.3. The minimum atomic E-state index is -4.16. The molecule has 0 aromatic carbocycles. The number of aliphatic hydroxyl groups is 3. The van der Waals surface area contributed by atoms with Crippen molar-refractivity contribution >= 4 is 16.0 Å². The van der Waals surface area contributed by atoms with E-state index in [9.17, 15) is 28.5 Å². The van der Waals surface area contributed by atoms with Crippen molar-refractivity contribution in [3.05, 3.63) is 0 Å². The number of rotatable bonds is 7. The summed E-state index contributed by atoms with van der Waals surface area (Å²) in [6.45, 7) is 5.63. The van der Waals surface area contributed by atoms with E-state index < -0.39 is 69.6 Å². The molecule has 9 heteroatoms. The Labute approximate surface area is 217 Å². The summed E-state index contributed by atoms with van der Waals surface area (Å²) in [5.74, 6) is -1.98. The number of nitrogens with one attached hydrogen (secondary N) is 1. The number of fused-ring (bicyclic) bond motifs is 5. The molecular weight excluding hydrogens is 470 g/mol. The average Bonchev–Trinajstić information content (AvgIpc) is 3.20. The van der Waals surface area contributed by atoms with Gasteiger partial charge in [-0.2, -0.15) is 8.42 Å². The van der Waals surface area contributed by atoms with E-state index in [4.69, 9.17) is 11.4 Å². The van der Waals surface area contributed by atoms with Gasteiger partial charge in [0, 0.05) is 18.4 Å². The van der Waals surface area contributed by atoms with Gasteiger partial charge in [0.15, 0.2) is 0 Å². The summed E-state index contributed by atoms with van der Waals surface area (Å²) in [6.07, 6.45) is -7.72. The molecule has 4 saturated carbocycles. The number of carbonyl (C=O) groups excluding carboxylic acids is 1. The van der Waals surface area contributed by atoms with E-state index in [1.165, 1.54) is 0 Å². The molecule has 4 aliphatic carbocycles. The quantitative estimate of drug-likeness (QED) is 0.324. The molecule has 0 aromatic heterocycles. The van der Waals surface area contributed by atoms with E-state index in [1.54, 1.807) is 6.92 Å². The summed E-state index contributed by atoms with van der Waals surface area (Å²) in [5, 5.41) is 36.3. The van der Waals surface area contributed by atoms with Crippen molar-refractivity contribution in [2.24, 2.45) is 46.3 Å². The first-order chi connectivity index (χ1) is 18.1. The molecule has 4 unspecified atom stereocenters. The van der Waals surface area contributed by atoms with E-state index in [0.29, 0.717) is 19.3 Å². The Kier molecular flexibility index (Phi) is 5.98. The standard InChI is InChI=1S/C26H45NO7S/c1-15(4-9-24(31)27-10-11-35(32,33)34)19-7-8-20-18-6-5-16-12-17(28)13-22(29)25(16,2)21(18)14-23(30)26(19,20)3/h15-23,28-30H,4-14H2,1-3H3,(H,27,31)(H,32,33,34)/t15-,16-,17?,18?,19-,20?,21?,22-,23+,25+,26-/m1/s1/i12D2,13D2,17D. The van der Waals surface area contributed by atoms with Crippen molar-refractivity contribution in [3.8, 4) is 0 Å². The zero-order valence-electron chi connectivity index (χ0n) is 25.9. The lowest BCUT2D eigenvalue weighted by atomic mass is 9.43. The fourth-order valence-corrected chi connectivity index (χ4v) is 8.76. The third-order valence-electron chi connectivity index (χ3n) is 10.3. The van der Waals surface area contributed by atoms with Gasteiger partial charge in [-0.25, -0.2) is 0 Å². The molecule has 1 amide bonds. The Balaban J connectivity index is 1.52. The summed E-state index contributed by atoms with van der Waals surface area (Å²) in [5.41, 5.74) is -1.77. The van der Waals surface area contributed by atoms with Crippen molar-refractivity contribution in [3.63, 3.8) is 0 Å². The predicted octanol–water partition coefficient (Wildman–Crippen LogP) is 2.37. The van der Waals surface area contributed by atoms with E-state index in [1.807, 2.05) is 6.92 Å². The van der Waals surface area contributed by atoms with Gasteiger partial charge < -0.3 is 20.6 Å². The topological polar surface area (TPSA) is 144 Å². The Morgan fingerprint density at radius 2 is 1.80 bits per heavy atom. The van der Waals surface area contributed by atoms with Crippen molar-refractivity contribution in [1.29, 1.82) is 0 Å². The van der Waals surface area contributed by atoms with Crippen LogP contribution < -0.4 is 5.32 Å². The van der Waals surface area contributed by atoms with Gasteiger partial charge in [-0.05, 0) is 97.6 Å². The number of aliphatic hydroxyl groups excluding tert-OH is 2. The van der Waals surface area contributed by atoms with Crippen LogP contribution in [0.5, 0.6) is 0 Å². The van der Waals surface area contributed by atoms with E-state index >= 15 is 0 Å². The Morgan fingerprint density at radius 1 is 1.09 bits per heavy atom. The maximum absolute atomic E-state index is 12.3. The van der Waals surface area contributed by atoms with Gasteiger partial charge in [0.1, 0.15) is 0 Å². The minimum absolute atomic E-state index is 0.00811. The molecule has 11 atom stereocenters. The number of hydrogen-bond donors (Lipinski definition) is 5. The fourth-order valence-electron chi connectivity index (χ4n) is 8.40. The third-order valence-corrected chi connectivity index (χ3v) is 11.0. The first-order valence-corrected chi connectivity index (χ1v) is 14.6. The second kappa shape index (κ2) is 9.86. The van der Waals surface area contributed by atoms with Crippen LogP contribution in [0.2, 0.25) is 0 Å². The van der Waals surface area contributed by atoms with Crippen LogP contribution in [0.4, 0.5) is 0 Å². The van der Waals surface area contributed by atoms with Crippen molar-refractivity contribution < 1.29 is 39.9 Å². The first-order valence-electron chi connectivity index (χ1n) is 15.5. The highest BCUT2D eigenvalue weighted by Gasteiger charge is 2.65. The minimum Gasteiger partial charge on any atom is -0.393 e. The highest BCUT2D eigenvalue weighted by Crippen LogP contribution is 2.68. The van der Waals surface area contributed by atoms with Crippen LogP contribution in [0.1, 0.15) is 85.3 Å². The second-order valence-corrected chi connectivity index (χ2v) is 13.4. The van der Waals surface area contributed by atoms with Gasteiger partial charge in [-0.1, -0.05) is 20.8 Å². The Hall–Kier alpha value is -0.740. The molecule has 0 radical (unpaired) electrons. The van der Waals surface area contributed by atoms with Crippen LogP contribution >= 0.6 is 0 Å². The molecule has 4 rings (SSSR count). The molecule has 4 aliphatic rings. The first kappa shape index (κ1) is 21.2. The summed E-state index contributed by atoms with van der Waals surface area (Å²) in [6, 6.07) is 0. The van der Waals surface area contributed by atoms with E-state index in [0.717, 1.165) is 12.8 Å². The number of hydrogen-bond acceptors (Lipinski definition) is 6. The van der Waals surface area contributed by atoms with Gasteiger partial charge in [-0.3, -0.25) is 9.35 Å². The summed E-state index contributed by atoms with van der Waals surface area (Å²) in [7, 11) is -4.16. The molecule has 0 bridgehead atoms. The van der Waals surface area contributed by atoms with Crippen LogP contribution in [-0.2, 0) is 14.9 Å². The number of amides is 1. The lowest BCUT2D eigenvalue weighted by molar-refractivity contribution is -0.207. The zero-order valence-corrected chi connectivity index (χ0v) is 21.7. The largest absolute Gasteiger partial charge is 0.393 e. The van der Waals surface area contributed by atoms with Crippen LogP contribution in [0, 0.1) is 46.3 Å². The molecule has 35 heavy (non-hydrogen) atoms. The fraction of sp³-hybridized carbons (Fsp3) is 0.962. The van der Waals surface area contributed by atoms with Crippen LogP contribution in [0.3, 0.4) is 0 Å². The van der Waals surface area contributed by atoms with Crippen molar-refractivity contribution in [2.75, 3.05) is 12.3 Å². The third kappa shape index (κ3) is 4.92. The van der Waals surface area contributed by atoms with Gasteiger partial charge in [0.05, 0.1) is 25.4 Å². The molecule has 202 valence electrons. The second-order valence-electron chi connectivity index (χ2n) is 11.9. The molecule has 0 saturated heterocycles.